The number of hydrogen-bond donors (Lipinski definition) is 2. The molecular formula is C15H14Cl2N2O2. The summed E-state index contributed by atoms with van der Waals surface area (Å²) in [5.74, 6) is 1.13. The van der Waals surface area contributed by atoms with Gasteiger partial charge in [-0.05, 0) is 29.8 Å². The van der Waals surface area contributed by atoms with E-state index in [0.29, 0.717) is 33.7 Å². The number of methoxy groups -OCH3 is 1. The van der Waals surface area contributed by atoms with Gasteiger partial charge in [-0.25, -0.2) is 0 Å². The number of rotatable bonds is 5. The first-order chi connectivity index (χ1) is 10.0. The molecule has 0 saturated carbocycles. The van der Waals surface area contributed by atoms with Gasteiger partial charge in [-0.2, -0.15) is 0 Å². The Morgan fingerprint density at radius 2 is 1.90 bits per heavy atom. The van der Waals surface area contributed by atoms with Gasteiger partial charge < -0.3 is 15.2 Å². The fraction of sp³-hybridized carbons (Fsp3) is 0.133. The zero-order chi connectivity index (χ0) is 15.4. The number of benzene rings is 2. The Morgan fingerprint density at radius 1 is 1.14 bits per heavy atom. The molecule has 0 aromatic heterocycles. The van der Waals surface area contributed by atoms with Crippen molar-refractivity contribution in [1.82, 2.24) is 0 Å². The number of nitrogens with one attached hydrogen (secondary N) is 1. The highest BCUT2D eigenvalue weighted by Gasteiger charge is 2.08. The van der Waals surface area contributed by atoms with E-state index >= 15 is 0 Å². The number of nitrogens with two attached hydrogens (primary N) is 1. The first kappa shape index (κ1) is 15.5. The predicted octanol–water partition coefficient (Wildman–Crippen LogP) is 3.87. The molecule has 2 rings (SSSR count). The van der Waals surface area contributed by atoms with Crippen LogP contribution in [0.25, 0.3) is 0 Å². The van der Waals surface area contributed by atoms with Crippen LogP contribution in [0.15, 0.2) is 36.4 Å². The lowest BCUT2D eigenvalue weighted by Crippen LogP contribution is -2.12. The van der Waals surface area contributed by atoms with Crippen LogP contribution < -0.4 is 15.2 Å². The van der Waals surface area contributed by atoms with Gasteiger partial charge in [-0.3, -0.25) is 5.41 Å². The SMILES string of the molecule is COc1cc(COc2ccc(Cl)c(Cl)c2)ccc1C(=N)N. The van der Waals surface area contributed by atoms with Gasteiger partial charge in [0.05, 0.1) is 22.7 Å². The van der Waals surface area contributed by atoms with Crippen LogP contribution in [0.2, 0.25) is 10.0 Å². The molecule has 2 aromatic rings. The van der Waals surface area contributed by atoms with Crippen molar-refractivity contribution >= 4 is 29.0 Å². The van der Waals surface area contributed by atoms with Crippen LogP contribution in [-0.4, -0.2) is 12.9 Å². The zero-order valence-corrected chi connectivity index (χ0v) is 12.8. The molecule has 0 unspecified atom stereocenters. The van der Waals surface area contributed by atoms with Gasteiger partial charge in [-0.1, -0.05) is 29.3 Å². The third-order valence-corrected chi connectivity index (χ3v) is 3.59. The lowest BCUT2D eigenvalue weighted by Gasteiger charge is -2.11. The molecule has 2 aromatic carbocycles. The Hall–Kier alpha value is -1.91. The molecule has 0 heterocycles. The fourth-order valence-corrected chi connectivity index (χ4v) is 2.07. The summed E-state index contributed by atoms with van der Waals surface area (Å²) in [6.07, 6.45) is 0. The summed E-state index contributed by atoms with van der Waals surface area (Å²) in [7, 11) is 1.53. The topological polar surface area (TPSA) is 68.3 Å². The van der Waals surface area contributed by atoms with Gasteiger partial charge in [-0.15, -0.1) is 0 Å². The zero-order valence-electron chi connectivity index (χ0n) is 11.3. The molecule has 21 heavy (non-hydrogen) atoms. The Balaban J connectivity index is 2.13. The van der Waals surface area contributed by atoms with Crippen LogP contribution in [0, 0.1) is 5.41 Å². The van der Waals surface area contributed by atoms with Gasteiger partial charge in [0, 0.05) is 6.07 Å². The smallest absolute Gasteiger partial charge is 0.130 e. The van der Waals surface area contributed by atoms with Gasteiger partial charge in [0.25, 0.3) is 0 Å². The molecule has 0 aliphatic carbocycles. The average Bonchev–Trinajstić information content (AvgIpc) is 2.48. The summed E-state index contributed by atoms with van der Waals surface area (Å²) in [5.41, 5.74) is 6.92. The number of halogens is 2. The molecule has 0 bridgehead atoms. The summed E-state index contributed by atoms with van der Waals surface area (Å²) in [6, 6.07) is 10.4. The quantitative estimate of drug-likeness (QED) is 0.648. The Kier molecular flexibility index (Phi) is 4.94. The Bertz CT molecular complexity index is 675. The molecule has 3 N–H and O–H groups in total. The highest BCUT2D eigenvalue weighted by Crippen LogP contribution is 2.27. The van der Waals surface area contributed by atoms with E-state index in [2.05, 4.69) is 0 Å². The van der Waals surface area contributed by atoms with Crippen molar-refractivity contribution in [2.45, 2.75) is 6.61 Å². The summed E-state index contributed by atoms with van der Waals surface area (Å²) in [5, 5.41) is 8.40. The van der Waals surface area contributed by atoms with Crippen molar-refractivity contribution in [3.63, 3.8) is 0 Å². The number of nitrogen functional groups attached to an aromatic ring is 1. The predicted molar refractivity (Wildman–Crippen MR) is 84.8 cm³/mol. The van der Waals surface area contributed by atoms with Crippen molar-refractivity contribution in [2.24, 2.45) is 5.73 Å². The highest BCUT2D eigenvalue weighted by atomic mass is 35.5. The van der Waals surface area contributed by atoms with Crippen molar-refractivity contribution in [3.8, 4) is 11.5 Å². The first-order valence-corrected chi connectivity index (χ1v) is 6.86. The molecule has 110 valence electrons. The van der Waals surface area contributed by atoms with E-state index in [9.17, 15) is 0 Å². The van der Waals surface area contributed by atoms with E-state index in [1.54, 1.807) is 30.3 Å². The Labute approximate surface area is 132 Å². The lowest BCUT2D eigenvalue weighted by atomic mass is 10.1. The van der Waals surface area contributed by atoms with Crippen molar-refractivity contribution in [1.29, 1.82) is 5.41 Å². The van der Waals surface area contributed by atoms with E-state index in [-0.39, 0.29) is 5.84 Å². The number of hydrogen-bond acceptors (Lipinski definition) is 3. The second-order valence-corrected chi connectivity index (χ2v) is 5.13. The molecular weight excluding hydrogens is 311 g/mol. The lowest BCUT2D eigenvalue weighted by molar-refractivity contribution is 0.305. The van der Waals surface area contributed by atoms with E-state index < -0.39 is 0 Å². The maximum Gasteiger partial charge on any atom is 0.130 e. The molecule has 0 fully saturated rings. The van der Waals surface area contributed by atoms with Crippen LogP contribution in [0.4, 0.5) is 0 Å². The summed E-state index contributed by atoms with van der Waals surface area (Å²) in [6.45, 7) is 0.340. The first-order valence-electron chi connectivity index (χ1n) is 6.10. The molecule has 0 saturated heterocycles. The normalized spacial score (nSPS) is 10.2. The molecule has 0 spiro atoms. The van der Waals surface area contributed by atoms with Gasteiger partial charge in [0.2, 0.25) is 0 Å². The second-order valence-electron chi connectivity index (χ2n) is 4.31. The van der Waals surface area contributed by atoms with Crippen LogP contribution in [0.5, 0.6) is 11.5 Å². The van der Waals surface area contributed by atoms with Gasteiger partial charge in [0.1, 0.15) is 23.9 Å². The van der Waals surface area contributed by atoms with Crippen LogP contribution >= 0.6 is 23.2 Å². The second kappa shape index (κ2) is 6.70. The fourth-order valence-electron chi connectivity index (χ4n) is 1.78. The maximum absolute atomic E-state index is 7.47. The third kappa shape index (κ3) is 3.80. The van der Waals surface area contributed by atoms with Crippen molar-refractivity contribution < 1.29 is 9.47 Å². The molecule has 6 heteroatoms. The third-order valence-electron chi connectivity index (χ3n) is 2.85. The number of ether oxygens (including phenoxy) is 2. The minimum Gasteiger partial charge on any atom is -0.496 e. The van der Waals surface area contributed by atoms with Gasteiger partial charge in [0.15, 0.2) is 0 Å². The highest BCUT2D eigenvalue weighted by molar-refractivity contribution is 6.42. The van der Waals surface area contributed by atoms with Crippen LogP contribution in [0.1, 0.15) is 11.1 Å². The minimum atomic E-state index is -0.0381. The van der Waals surface area contributed by atoms with Crippen molar-refractivity contribution in [3.05, 3.63) is 57.6 Å². The monoisotopic (exact) mass is 324 g/mol. The summed E-state index contributed by atoms with van der Waals surface area (Å²) in [4.78, 5) is 0. The van der Waals surface area contributed by atoms with E-state index in [0.717, 1.165) is 5.56 Å². The average molecular weight is 325 g/mol. The standard InChI is InChI=1S/C15H14Cl2N2O2/c1-20-14-6-9(2-4-11(14)15(18)19)8-21-10-3-5-12(16)13(17)7-10/h2-7H,8H2,1H3,(H3,18,19). The molecule has 0 amide bonds. The van der Waals surface area contributed by atoms with E-state index in [4.69, 9.17) is 43.8 Å². The molecule has 0 aliphatic rings. The van der Waals surface area contributed by atoms with E-state index in [1.165, 1.54) is 7.11 Å². The molecule has 0 aliphatic heterocycles. The minimum absolute atomic E-state index is 0.0381. The van der Waals surface area contributed by atoms with Crippen molar-refractivity contribution in [2.75, 3.05) is 7.11 Å². The molecule has 4 nitrogen and oxygen atoms in total. The van der Waals surface area contributed by atoms with Crippen LogP contribution in [-0.2, 0) is 6.61 Å². The van der Waals surface area contributed by atoms with Crippen LogP contribution in [0.3, 0.4) is 0 Å². The number of amidine groups is 1. The summed E-state index contributed by atoms with van der Waals surface area (Å²) < 4.78 is 10.9. The largest absolute Gasteiger partial charge is 0.496 e. The summed E-state index contributed by atoms with van der Waals surface area (Å²) >= 11 is 11.8. The van der Waals surface area contributed by atoms with E-state index in [1.807, 2.05) is 6.07 Å². The maximum atomic E-state index is 7.47. The molecule has 0 radical (unpaired) electrons. The Morgan fingerprint density at radius 3 is 2.52 bits per heavy atom. The molecule has 0 atom stereocenters. The van der Waals surface area contributed by atoms with Gasteiger partial charge >= 0.3 is 0 Å².